The minimum atomic E-state index is -4.41. The number of carbonyl (C=O) groups excluding carboxylic acids is 1. The maximum absolute atomic E-state index is 13.3. The maximum atomic E-state index is 13.3. The Bertz CT molecular complexity index is 787. The van der Waals surface area contributed by atoms with E-state index in [-0.39, 0.29) is 5.91 Å². The van der Waals surface area contributed by atoms with Crippen LogP contribution in [0.3, 0.4) is 0 Å². The van der Waals surface area contributed by atoms with Crippen LogP contribution in [0.25, 0.3) is 0 Å². The number of thiocarbonyl (C=S) groups is 1. The number of amides is 1. The van der Waals surface area contributed by atoms with Gasteiger partial charge in [0.25, 0.3) is 5.91 Å². The number of alkyl halides is 3. The molecular weight excluding hydrogens is 391 g/mol. The molecule has 5 nitrogen and oxygen atoms in total. The Morgan fingerprint density at radius 3 is 2.39 bits per heavy atom. The van der Waals surface area contributed by atoms with Crippen LogP contribution < -0.4 is 5.32 Å². The lowest BCUT2D eigenvalue weighted by Gasteiger charge is -2.39. The molecule has 0 spiro atoms. The van der Waals surface area contributed by atoms with E-state index in [4.69, 9.17) is 17.0 Å². The molecule has 9 heteroatoms. The summed E-state index contributed by atoms with van der Waals surface area (Å²) < 4.78 is 44.0. The van der Waals surface area contributed by atoms with Gasteiger partial charge in [-0.3, -0.25) is 4.79 Å². The van der Waals surface area contributed by atoms with Crippen molar-refractivity contribution in [2.45, 2.75) is 26.1 Å². The van der Waals surface area contributed by atoms with Crippen LogP contribution in [0.2, 0.25) is 0 Å². The van der Waals surface area contributed by atoms with Gasteiger partial charge in [-0.2, -0.15) is 13.2 Å². The minimum Gasteiger partial charge on any atom is -0.378 e. The molecule has 2 aliphatic rings. The van der Waals surface area contributed by atoms with Crippen molar-refractivity contribution in [3.05, 3.63) is 46.7 Å². The van der Waals surface area contributed by atoms with Crippen molar-refractivity contribution in [3.8, 4) is 0 Å². The van der Waals surface area contributed by atoms with Crippen molar-refractivity contribution in [2.75, 3.05) is 32.8 Å². The summed E-state index contributed by atoms with van der Waals surface area (Å²) in [5.74, 6) is -0.154. The highest BCUT2D eigenvalue weighted by Gasteiger charge is 2.36. The van der Waals surface area contributed by atoms with Gasteiger partial charge >= 0.3 is 6.18 Å². The molecule has 0 bridgehead atoms. The summed E-state index contributed by atoms with van der Waals surface area (Å²) in [5, 5.41) is 3.58. The average molecular weight is 413 g/mol. The van der Waals surface area contributed by atoms with Gasteiger partial charge in [0.2, 0.25) is 0 Å². The predicted molar refractivity (Wildman–Crippen MR) is 102 cm³/mol. The Morgan fingerprint density at radius 2 is 1.86 bits per heavy atom. The van der Waals surface area contributed by atoms with Crippen molar-refractivity contribution in [3.63, 3.8) is 0 Å². The maximum Gasteiger partial charge on any atom is 0.416 e. The first kappa shape index (κ1) is 20.6. The fourth-order valence-corrected chi connectivity index (χ4v) is 3.87. The van der Waals surface area contributed by atoms with E-state index in [1.54, 1.807) is 4.90 Å². The smallest absolute Gasteiger partial charge is 0.378 e. The van der Waals surface area contributed by atoms with E-state index in [1.165, 1.54) is 12.1 Å². The van der Waals surface area contributed by atoms with Gasteiger partial charge in [-0.1, -0.05) is 12.1 Å². The number of hydrogen-bond acceptors (Lipinski definition) is 3. The average Bonchev–Trinajstić information content (AvgIpc) is 2.67. The summed E-state index contributed by atoms with van der Waals surface area (Å²) in [6, 6.07) is 4.24. The van der Waals surface area contributed by atoms with Crippen LogP contribution in [0.15, 0.2) is 35.5 Å². The lowest BCUT2D eigenvalue weighted by Crippen LogP contribution is -2.51. The van der Waals surface area contributed by atoms with Gasteiger partial charge in [0.1, 0.15) is 0 Å². The first-order valence-electron chi connectivity index (χ1n) is 9.07. The van der Waals surface area contributed by atoms with Crippen molar-refractivity contribution < 1.29 is 22.7 Å². The zero-order valence-electron chi connectivity index (χ0n) is 15.7. The molecule has 0 unspecified atom stereocenters. The Balaban J connectivity index is 2.00. The Hall–Kier alpha value is -2.13. The summed E-state index contributed by atoms with van der Waals surface area (Å²) in [5.41, 5.74) is 1.04. The van der Waals surface area contributed by atoms with Crippen LogP contribution in [-0.2, 0) is 15.7 Å². The molecular formula is C19H22F3N3O2S. The van der Waals surface area contributed by atoms with Gasteiger partial charge in [-0.15, -0.1) is 0 Å². The van der Waals surface area contributed by atoms with Crippen LogP contribution in [0, 0.1) is 0 Å². The first-order valence-corrected chi connectivity index (χ1v) is 9.47. The summed E-state index contributed by atoms with van der Waals surface area (Å²) >= 11 is 5.42. The molecule has 0 saturated carbocycles. The van der Waals surface area contributed by atoms with Gasteiger partial charge < -0.3 is 19.9 Å². The molecule has 2 aliphatic heterocycles. The molecule has 1 fully saturated rings. The number of halogens is 3. The molecule has 3 rings (SSSR count). The van der Waals surface area contributed by atoms with Gasteiger partial charge in [0, 0.05) is 25.3 Å². The second-order valence-corrected chi connectivity index (χ2v) is 7.04. The largest absolute Gasteiger partial charge is 0.416 e. The highest BCUT2D eigenvalue weighted by molar-refractivity contribution is 7.80. The predicted octanol–water partition coefficient (Wildman–Crippen LogP) is 3.09. The number of carbonyl (C=O) groups is 1. The fraction of sp³-hybridized carbons (Fsp3) is 0.474. The Kier molecular flexibility index (Phi) is 5.95. The Labute approximate surface area is 167 Å². The van der Waals surface area contributed by atoms with E-state index in [0.29, 0.717) is 54.8 Å². The monoisotopic (exact) mass is 413 g/mol. The third-order valence-electron chi connectivity index (χ3n) is 5.01. The van der Waals surface area contributed by atoms with Gasteiger partial charge in [-0.05, 0) is 43.8 Å². The normalized spacial score (nSPS) is 21.0. The van der Waals surface area contributed by atoms with E-state index in [2.05, 4.69) is 5.32 Å². The molecule has 1 saturated heterocycles. The molecule has 1 aromatic carbocycles. The van der Waals surface area contributed by atoms with Crippen LogP contribution >= 0.6 is 12.2 Å². The van der Waals surface area contributed by atoms with Crippen LogP contribution in [0.4, 0.5) is 13.2 Å². The molecule has 28 heavy (non-hydrogen) atoms. The van der Waals surface area contributed by atoms with Crippen molar-refractivity contribution >= 4 is 23.2 Å². The lowest BCUT2D eigenvalue weighted by atomic mass is 9.93. The van der Waals surface area contributed by atoms with Crippen molar-refractivity contribution in [1.82, 2.24) is 15.1 Å². The number of ether oxygens (including phenoxy) is 1. The number of rotatable bonds is 3. The molecule has 0 aromatic heterocycles. The third kappa shape index (κ3) is 4.00. The summed E-state index contributed by atoms with van der Waals surface area (Å²) in [6.45, 7) is 6.21. The second kappa shape index (κ2) is 8.08. The highest BCUT2D eigenvalue weighted by atomic mass is 32.1. The van der Waals surface area contributed by atoms with Crippen molar-refractivity contribution in [1.29, 1.82) is 0 Å². The number of nitrogens with one attached hydrogen (secondary N) is 1. The van der Waals surface area contributed by atoms with E-state index >= 15 is 0 Å². The number of benzene rings is 1. The van der Waals surface area contributed by atoms with Crippen molar-refractivity contribution in [2.24, 2.45) is 0 Å². The number of hydrogen-bond donors (Lipinski definition) is 1. The Morgan fingerprint density at radius 1 is 1.25 bits per heavy atom. The summed E-state index contributed by atoms with van der Waals surface area (Å²) in [4.78, 5) is 16.8. The quantitative estimate of drug-likeness (QED) is 0.772. The van der Waals surface area contributed by atoms with Crippen LogP contribution in [-0.4, -0.2) is 53.7 Å². The van der Waals surface area contributed by atoms with E-state index < -0.39 is 17.8 Å². The SMILES string of the molecule is CCN1C(=S)N[C@H](c2ccc(C(F)(F)F)cc2)C(C(=O)N2CCOCC2)=C1C. The summed E-state index contributed by atoms with van der Waals surface area (Å²) in [7, 11) is 0. The zero-order chi connectivity index (χ0) is 20.5. The third-order valence-corrected chi connectivity index (χ3v) is 5.35. The van der Waals surface area contributed by atoms with E-state index in [9.17, 15) is 18.0 Å². The number of morpholine rings is 1. The highest BCUT2D eigenvalue weighted by Crippen LogP contribution is 2.34. The number of allylic oxidation sites excluding steroid dienone is 1. The zero-order valence-corrected chi connectivity index (χ0v) is 16.5. The topological polar surface area (TPSA) is 44.8 Å². The molecule has 1 atom stereocenters. The standard InChI is InChI=1S/C19H22F3N3O2S/c1-3-25-12(2)15(17(26)24-8-10-27-11-9-24)16(23-18(25)28)13-4-6-14(7-5-13)19(20,21)22/h4-7,16H,3,8-11H2,1-2H3,(H,23,28)/t16-/m1/s1. The molecule has 2 heterocycles. The van der Waals surface area contributed by atoms with Gasteiger partial charge in [0.05, 0.1) is 30.4 Å². The van der Waals surface area contributed by atoms with Gasteiger partial charge in [0.15, 0.2) is 5.11 Å². The molecule has 1 amide bonds. The molecule has 1 N–H and O–H groups in total. The lowest BCUT2D eigenvalue weighted by molar-refractivity contribution is -0.137. The molecule has 0 radical (unpaired) electrons. The molecule has 0 aliphatic carbocycles. The first-order chi connectivity index (χ1) is 13.2. The van der Waals surface area contributed by atoms with Crippen LogP contribution in [0.1, 0.15) is 31.0 Å². The number of nitrogens with zero attached hydrogens (tertiary/aromatic N) is 2. The minimum absolute atomic E-state index is 0.154. The van der Waals surface area contributed by atoms with Gasteiger partial charge in [-0.25, -0.2) is 0 Å². The van der Waals surface area contributed by atoms with Crippen LogP contribution in [0.5, 0.6) is 0 Å². The molecule has 152 valence electrons. The second-order valence-electron chi connectivity index (χ2n) is 6.65. The van der Waals surface area contributed by atoms with E-state index in [0.717, 1.165) is 12.1 Å². The fourth-order valence-electron chi connectivity index (χ4n) is 3.49. The van der Waals surface area contributed by atoms with E-state index in [1.807, 2.05) is 18.7 Å². The molecule has 1 aromatic rings. The summed E-state index contributed by atoms with van der Waals surface area (Å²) in [6.07, 6.45) is -4.41.